The quantitative estimate of drug-likeness (QED) is 0.723. The van der Waals surface area contributed by atoms with E-state index < -0.39 is 5.97 Å². The van der Waals surface area contributed by atoms with E-state index in [4.69, 9.17) is 9.84 Å². The van der Waals surface area contributed by atoms with Gasteiger partial charge in [-0.3, -0.25) is 4.79 Å². The Morgan fingerprint density at radius 1 is 1.53 bits per heavy atom. The van der Waals surface area contributed by atoms with Gasteiger partial charge in [0.2, 0.25) is 0 Å². The molecule has 4 nitrogen and oxygen atoms in total. The third-order valence-electron chi connectivity index (χ3n) is 3.02. The van der Waals surface area contributed by atoms with Crippen molar-refractivity contribution in [2.24, 2.45) is 5.92 Å². The molecule has 1 fully saturated rings. The number of carboxylic acid groups (broad SMARTS) is 1. The predicted octanol–water partition coefficient (Wildman–Crippen LogP) is 1.21. The highest BCUT2D eigenvalue weighted by molar-refractivity contribution is 5.72. The fourth-order valence-corrected chi connectivity index (χ4v) is 1.90. The van der Waals surface area contributed by atoms with Crippen LogP contribution in [0.3, 0.4) is 0 Å². The van der Waals surface area contributed by atoms with Crippen LogP contribution in [0.4, 0.5) is 0 Å². The van der Waals surface area contributed by atoms with Crippen molar-refractivity contribution >= 4 is 5.97 Å². The van der Waals surface area contributed by atoms with Gasteiger partial charge < -0.3 is 14.7 Å². The molecule has 0 heterocycles. The Bertz CT molecular complexity index is 218. The number of carboxylic acids is 1. The summed E-state index contributed by atoms with van der Waals surface area (Å²) in [7, 11) is 1.98. The number of carbonyl (C=O) groups is 1. The summed E-state index contributed by atoms with van der Waals surface area (Å²) in [4.78, 5) is 12.9. The van der Waals surface area contributed by atoms with Crippen LogP contribution in [0.1, 0.15) is 26.7 Å². The first-order valence-electron chi connectivity index (χ1n) is 5.57. The maximum Gasteiger partial charge on any atom is 0.308 e. The van der Waals surface area contributed by atoms with Gasteiger partial charge in [0.1, 0.15) is 0 Å². The van der Waals surface area contributed by atoms with Gasteiger partial charge in [0, 0.05) is 12.6 Å². The van der Waals surface area contributed by atoms with Gasteiger partial charge in [0.25, 0.3) is 0 Å². The van der Waals surface area contributed by atoms with Crippen molar-refractivity contribution in [2.75, 3.05) is 20.2 Å². The first kappa shape index (κ1) is 12.5. The predicted molar refractivity (Wildman–Crippen MR) is 57.9 cm³/mol. The van der Waals surface area contributed by atoms with Crippen LogP contribution in [0, 0.1) is 5.92 Å². The molecule has 0 aromatic heterocycles. The highest BCUT2D eigenvalue weighted by Crippen LogP contribution is 2.31. The summed E-state index contributed by atoms with van der Waals surface area (Å²) in [5.41, 5.74) is 0. The van der Waals surface area contributed by atoms with Crippen molar-refractivity contribution in [1.82, 2.24) is 4.90 Å². The minimum absolute atomic E-state index is 0.172. The van der Waals surface area contributed by atoms with Crippen molar-refractivity contribution in [3.63, 3.8) is 0 Å². The molecule has 2 unspecified atom stereocenters. The van der Waals surface area contributed by atoms with Gasteiger partial charge in [-0.05, 0) is 33.7 Å². The average molecular weight is 215 g/mol. The van der Waals surface area contributed by atoms with Gasteiger partial charge in [-0.1, -0.05) is 0 Å². The molecule has 0 aromatic carbocycles. The molecule has 1 aliphatic rings. The Labute approximate surface area is 91.2 Å². The lowest BCUT2D eigenvalue weighted by molar-refractivity contribution is -0.148. The van der Waals surface area contributed by atoms with Crippen molar-refractivity contribution in [3.05, 3.63) is 0 Å². The van der Waals surface area contributed by atoms with E-state index in [2.05, 4.69) is 4.90 Å². The summed E-state index contributed by atoms with van der Waals surface area (Å²) in [6, 6.07) is 0.207. The summed E-state index contributed by atoms with van der Waals surface area (Å²) >= 11 is 0. The fourth-order valence-electron chi connectivity index (χ4n) is 1.90. The average Bonchev–Trinajstić information content (AvgIpc) is 1.99. The Hall–Kier alpha value is -0.610. The van der Waals surface area contributed by atoms with Crippen LogP contribution >= 0.6 is 0 Å². The smallest absolute Gasteiger partial charge is 0.308 e. The highest BCUT2D eigenvalue weighted by atomic mass is 16.5. The zero-order valence-corrected chi connectivity index (χ0v) is 9.77. The van der Waals surface area contributed by atoms with E-state index in [1.165, 1.54) is 0 Å². The molecule has 15 heavy (non-hydrogen) atoms. The molecule has 0 saturated heterocycles. The number of nitrogens with zero attached hydrogens (tertiary/aromatic N) is 1. The van der Waals surface area contributed by atoms with E-state index in [1.807, 2.05) is 20.9 Å². The van der Waals surface area contributed by atoms with Gasteiger partial charge in [-0.2, -0.15) is 0 Å². The maximum absolute atomic E-state index is 10.8. The molecule has 0 bridgehead atoms. The molecule has 1 saturated carbocycles. The number of rotatable bonds is 6. The number of aliphatic carboxylic acids is 1. The Balaban J connectivity index is 2.22. The Kier molecular flexibility index (Phi) is 4.54. The molecule has 0 amide bonds. The van der Waals surface area contributed by atoms with Crippen LogP contribution in [0.5, 0.6) is 0 Å². The third-order valence-corrected chi connectivity index (χ3v) is 3.02. The van der Waals surface area contributed by atoms with E-state index in [0.717, 1.165) is 19.4 Å². The van der Waals surface area contributed by atoms with Gasteiger partial charge >= 0.3 is 5.97 Å². The summed E-state index contributed by atoms with van der Waals surface area (Å²) < 4.78 is 5.44. The zero-order valence-electron chi connectivity index (χ0n) is 9.77. The van der Waals surface area contributed by atoms with E-state index in [9.17, 15) is 4.79 Å². The van der Waals surface area contributed by atoms with Crippen LogP contribution in [-0.4, -0.2) is 48.3 Å². The molecule has 0 aromatic rings. The molecule has 0 spiro atoms. The van der Waals surface area contributed by atoms with Crippen molar-refractivity contribution in [3.8, 4) is 0 Å². The molecule has 2 atom stereocenters. The SMILES string of the molecule is CC(C)OCCN(C)C1CCC1C(=O)O. The lowest BCUT2D eigenvalue weighted by Crippen LogP contribution is -2.49. The molecule has 4 heteroatoms. The second kappa shape index (κ2) is 5.47. The third kappa shape index (κ3) is 3.47. The first-order valence-corrected chi connectivity index (χ1v) is 5.57. The molecule has 88 valence electrons. The molecule has 0 radical (unpaired) electrons. The second-order valence-corrected chi connectivity index (χ2v) is 4.49. The minimum Gasteiger partial charge on any atom is -0.481 e. The van der Waals surface area contributed by atoms with Crippen molar-refractivity contribution < 1.29 is 14.6 Å². The molecule has 1 rings (SSSR count). The van der Waals surface area contributed by atoms with Crippen LogP contribution in [-0.2, 0) is 9.53 Å². The monoisotopic (exact) mass is 215 g/mol. The van der Waals surface area contributed by atoms with Gasteiger partial charge in [-0.15, -0.1) is 0 Å². The minimum atomic E-state index is -0.664. The van der Waals surface area contributed by atoms with Gasteiger partial charge in [0.15, 0.2) is 0 Å². The molecule has 0 aliphatic heterocycles. The van der Waals surface area contributed by atoms with E-state index in [0.29, 0.717) is 6.61 Å². The summed E-state index contributed by atoms with van der Waals surface area (Å²) in [5, 5.41) is 8.91. The summed E-state index contributed by atoms with van der Waals surface area (Å²) in [5.74, 6) is -0.836. The van der Waals surface area contributed by atoms with Crippen LogP contribution in [0.2, 0.25) is 0 Å². The first-order chi connectivity index (χ1) is 7.02. The molecule has 1 N–H and O–H groups in total. The summed E-state index contributed by atoms with van der Waals surface area (Å²) in [6.45, 7) is 5.50. The maximum atomic E-state index is 10.8. The molecular weight excluding hydrogens is 194 g/mol. The number of ether oxygens (including phenoxy) is 1. The topological polar surface area (TPSA) is 49.8 Å². The Morgan fingerprint density at radius 3 is 2.60 bits per heavy atom. The van der Waals surface area contributed by atoms with E-state index in [-0.39, 0.29) is 18.1 Å². The normalized spacial score (nSPS) is 25.7. The number of likely N-dealkylation sites (N-methyl/N-ethyl adjacent to an activating group) is 1. The lowest BCUT2D eigenvalue weighted by atomic mass is 9.79. The van der Waals surface area contributed by atoms with Gasteiger partial charge in [0.05, 0.1) is 18.6 Å². The van der Waals surface area contributed by atoms with E-state index in [1.54, 1.807) is 0 Å². The lowest BCUT2D eigenvalue weighted by Gasteiger charge is -2.40. The van der Waals surface area contributed by atoms with Crippen LogP contribution in [0.25, 0.3) is 0 Å². The number of hydrogen-bond donors (Lipinski definition) is 1. The molecular formula is C11H21NO3. The fraction of sp³-hybridized carbons (Fsp3) is 0.909. The second-order valence-electron chi connectivity index (χ2n) is 4.49. The Morgan fingerprint density at radius 2 is 2.20 bits per heavy atom. The largest absolute Gasteiger partial charge is 0.481 e. The summed E-state index contributed by atoms with van der Waals surface area (Å²) in [6.07, 6.45) is 2.06. The van der Waals surface area contributed by atoms with Crippen LogP contribution < -0.4 is 0 Å². The number of hydrogen-bond acceptors (Lipinski definition) is 3. The van der Waals surface area contributed by atoms with Gasteiger partial charge in [-0.25, -0.2) is 0 Å². The zero-order chi connectivity index (χ0) is 11.4. The van der Waals surface area contributed by atoms with Crippen molar-refractivity contribution in [2.45, 2.75) is 38.8 Å². The highest BCUT2D eigenvalue weighted by Gasteiger charge is 2.38. The standard InChI is InChI=1S/C11H21NO3/c1-8(2)15-7-6-12(3)10-5-4-9(10)11(13)14/h8-10H,4-7H2,1-3H3,(H,13,14). The van der Waals surface area contributed by atoms with Crippen LogP contribution in [0.15, 0.2) is 0 Å². The van der Waals surface area contributed by atoms with E-state index >= 15 is 0 Å². The molecule has 1 aliphatic carbocycles. The van der Waals surface area contributed by atoms with Crippen molar-refractivity contribution in [1.29, 1.82) is 0 Å².